The van der Waals surface area contributed by atoms with Crippen LogP contribution in [0.1, 0.15) is 39.0 Å². The summed E-state index contributed by atoms with van der Waals surface area (Å²) in [5.41, 5.74) is 6.14. The van der Waals surface area contributed by atoms with Gasteiger partial charge in [0.2, 0.25) is 0 Å². The van der Waals surface area contributed by atoms with Crippen LogP contribution < -0.4 is 5.73 Å². The molecule has 2 saturated carbocycles. The first-order valence-corrected chi connectivity index (χ1v) is 6.76. The van der Waals surface area contributed by atoms with Crippen LogP contribution in [0.5, 0.6) is 0 Å². The molecule has 0 radical (unpaired) electrons. The molecule has 0 heterocycles. The van der Waals surface area contributed by atoms with E-state index in [9.17, 15) is 10.2 Å². The summed E-state index contributed by atoms with van der Waals surface area (Å²) < 4.78 is 0. The lowest BCUT2D eigenvalue weighted by Gasteiger charge is -2.47. The van der Waals surface area contributed by atoms with E-state index >= 15 is 0 Å². The number of aliphatic hydroxyl groups excluding tert-OH is 2. The predicted molar refractivity (Wildman–Crippen MR) is 68.4 cm³/mol. The van der Waals surface area contributed by atoms with Gasteiger partial charge in [-0.1, -0.05) is 13.5 Å². The van der Waals surface area contributed by atoms with Crippen molar-refractivity contribution < 1.29 is 10.2 Å². The first-order chi connectivity index (χ1) is 8.02. The average molecular weight is 239 g/mol. The van der Waals surface area contributed by atoms with Gasteiger partial charge in [0.25, 0.3) is 0 Å². The van der Waals surface area contributed by atoms with Gasteiger partial charge in [0.05, 0.1) is 12.2 Å². The quantitative estimate of drug-likeness (QED) is 0.653. The molecule has 5 unspecified atom stereocenters. The van der Waals surface area contributed by atoms with Crippen molar-refractivity contribution in [2.75, 3.05) is 6.54 Å². The van der Waals surface area contributed by atoms with Crippen molar-refractivity contribution in [1.82, 2.24) is 0 Å². The number of hydrogen-bond acceptors (Lipinski definition) is 3. The SMILES string of the molecule is C=C1CC2CC(C)CC(O)C2(CCCN)C1O. The van der Waals surface area contributed by atoms with E-state index in [0.717, 1.165) is 37.7 Å². The van der Waals surface area contributed by atoms with Crippen LogP contribution in [-0.2, 0) is 0 Å². The zero-order chi connectivity index (χ0) is 12.6. The van der Waals surface area contributed by atoms with Gasteiger partial charge in [0.1, 0.15) is 0 Å². The zero-order valence-corrected chi connectivity index (χ0v) is 10.7. The molecule has 0 spiro atoms. The highest BCUT2D eigenvalue weighted by atomic mass is 16.3. The van der Waals surface area contributed by atoms with Crippen molar-refractivity contribution in [2.45, 2.75) is 51.2 Å². The molecule has 4 N–H and O–H groups in total. The summed E-state index contributed by atoms with van der Waals surface area (Å²) in [5, 5.41) is 20.9. The summed E-state index contributed by atoms with van der Waals surface area (Å²) in [6.45, 7) is 6.78. The van der Waals surface area contributed by atoms with E-state index in [2.05, 4.69) is 13.5 Å². The first-order valence-electron chi connectivity index (χ1n) is 6.76. The normalized spacial score (nSPS) is 46.0. The summed E-state index contributed by atoms with van der Waals surface area (Å²) in [4.78, 5) is 0. The molecular formula is C14H25NO2. The molecule has 0 aromatic rings. The van der Waals surface area contributed by atoms with Gasteiger partial charge in [-0.3, -0.25) is 0 Å². The smallest absolute Gasteiger partial charge is 0.0831 e. The Morgan fingerprint density at radius 3 is 2.76 bits per heavy atom. The number of nitrogens with two attached hydrogens (primary N) is 1. The maximum atomic E-state index is 10.5. The molecule has 2 rings (SSSR count). The Bertz CT molecular complexity index is 305. The molecular weight excluding hydrogens is 214 g/mol. The molecule has 17 heavy (non-hydrogen) atoms. The van der Waals surface area contributed by atoms with Crippen molar-refractivity contribution in [3.8, 4) is 0 Å². The summed E-state index contributed by atoms with van der Waals surface area (Å²) in [6, 6.07) is 0. The summed E-state index contributed by atoms with van der Waals surface area (Å²) in [5.74, 6) is 0.925. The molecule has 2 aliphatic rings. The standard InChI is InChI=1S/C14H25NO2/c1-9-6-11-8-10(2)13(17)14(11,4-3-5-15)12(16)7-9/h9,11-13,16-17H,2-8,15H2,1H3. The number of hydrogen-bond donors (Lipinski definition) is 3. The second-order valence-electron chi connectivity index (χ2n) is 6.06. The summed E-state index contributed by atoms with van der Waals surface area (Å²) in [7, 11) is 0. The van der Waals surface area contributed by atoms with Gasteiger partial charge < -0.3 is 15.9 Å². The predicted octanol–water partition coefficient (Wildman–Crippen LogP) is 1.44. The van der Waals surface area contributed by atoms with Crippen LogP contribution in [-0.4, -0.2) is 29.0 Å². The monoisotopic (exact) mass is 239 g/mol. The fourth-order valence-electron chi connectivity index (χ4n) is 4.08. The second kappa shape index (κ2) is 4.71. The molecule has 3 heteroatoms. The van der Waals surface area contributed by atoms with Gasteiger partial charge in [0, 0.05) is 5.41 Å². The van der Waals surface area contributed by atoms with Crippen molar-refractivity contribution in [2.24, 2.45) is 23.0 Å². The Morgan fingerprint density at radius 1 is 1.41 bits per heavy atom. The second-order valence-corrected chi connectivity index (χ2v) is 6.06. The zero-order valence-electron chi connectivity index (χ0n) is 10.7. The number of fused-ring (bicyclic) bond motifs is 1. The fraction of sp³-hybridized carbons (Fsp3) is 0.857. The molecule has 0 amide bonds. The van der Waals surface area contributed by atoms with Crippen LogP contribution >= 0.6 is 0 Å². The molecule has 2 fully saturated rings. The molecule has 0 aromatic heterocycles. The first kappa shape index (κ1) is 13.1. The van der Waals surface area contributed by atoms with Crippen molar-refractivity contribution >= 4 is 0 Å². The molecule has 0 aromatic carbocycles. The van der Waals surface area contributed by atoms with Crippen LogP contribution in [0.4, 0.5) is 0 Å². The minimum absolute atomic E-state index is 0.358. The fourth-order valence-corrected chi connectivity index (χ4v) is 4.08. The lowest BCUT2D eigenvalue weighted by atomic mass is 9.60. The molecule has 3 nitrogen and oxygen atoms in total. The van der Waals surface area contributed by atoms with E-state index < -0.39 is 12.2 Å². The van der Waals surface area contributed by atoms with Crippen LogP contribution in [0.3, 0.4) is 0 Å². The molecule has 2 aliphatic carbocycles. The number of rotatable bonds is 3. The average Bonchev–Trinajstić information content (AvgIpc) is 2.50. The maximum absolute atomic E-state index is 10.5. The summed E-state index contributed by atoms with van der Waals surface area (Å²) in [6.07, 6.45) is 3.50. The lowest BCUT2D eigenvalue weighted by molar-refractivity contribution is -0.111. The van der Waals surface area contributed by atoms with E-state index in [1.165, 1.54) is 0 Å². The van der Waals surface area contributed by atoms with Gasteiger partial charge in [-0.15, -0.1) is 0 Å². The third kappa shape index (κ3) is 1.94. The van der Waals surface area contributed by atoms with E-state index in [-0.39, 0.29) is 5.41 Å². The Balaban J connectivity index is 2.28. The largest absolute Gasteiger partial charge is 0.392 e. The molecule has 5 atom stereocenters. The Labute approximate surface area is 104 Å². The van der Waals surface area contributed by atoms with Gasteiger partial charge >= 0.3 is 0 Å². The van der Waals surface area contributed by atoms with Crippen molar-refractivity contribution in [1.29, 1.82) is 0 Å². The van der Waals surface area contributed by atoms with Gasteiger partial charge in [-0.25, -0.2) is 0 Å². The highest BCUT2D eigenvalue weighted by Gasteiger charge is 2.57. The van der Waals surface area contributed by atoms with Crippen molar-refractivity contribution in [3.05, 3.63) is 12.2 Å². The molecule has 0 saturated heterocycles. The number of aliphatic hydroxyl groups is 2. The maximum Gasteiger partial charge on any atom is 0.0831 e. The Hall–Kier alpha value is -0.380. The van der Waals surface area contributed by atoms with Crippen molar-refractivity contribution in [3.63, 3.8) is 0 Å². The van der Waals surface area contributed by atoms with Crippen LogP contribution in [0.25, 0.3) is 0 Å². The minimum Gasteiger partial charge on any atom is -0.392 e. The van der Waals surface area contributed by atoms with E-state index in [1.807, 2.05) is 0 Å². The molecule has 0 bridgehead atoms. The molecule has 98 valence electrons. The third-order valence-electron chi connectivity index (χ3n) is 4.91. The topological polar surface area (TPSA) is 66.5 Å². The van der Waals surface area contributed by atoms with Crippen LogP contribution in [0, 0.1) is 17.3 Å². The highest BCUT2D eigenvalue weighted by molar-refractivity contribution is 5.22. The van der Waals surface area contributed by atoms with Crippen LogP contribution in [0.15, 0.2) is 12.2 Å². The summed E-state index contributed by atoms with van der Waals surface area (Å²) >= 11 is 0. The minimum atomic E-state index is -0.540. The van der Waals surface area contributed by atoms with Gasteiger partial charge in [-0.2, -0.15) is 0 Å². The van der Waals surface area contributed by atoms with E-state index in [0.29, 0.717) is 18.4 Å². The van der Waals surface area contributed by atoms with Gasteiger partial charge in [0.15, 0.2) is 0 Å². The Kier molecular flexibility index (Phi) is 3.62. The lowest BCUT2D eigenvalue weighted by Crippen LogP contribution is -2.50. The highest BCUT2D eigenvalue weighted by Crippen LogP contribution is 2.57. The van der Waals surface area contributed by atoms with E-state index in [1.54, 1.807) is 0 Å². The molecule has 0 aliphatic heterocycles. The third-order valence-corrected chi connectivity index (χ3v) is 4.91. The Morgan fingerprint density at radius 2 is 2.12 bits per heavy atom. The van der Waals surface area contributed by atoms with Gasteiger partial charge in [-0.05, 0) is 56.1 Å². The van der Waals surface area contributed by atoms with Crippen LogP contribution in [0.2, 0.25) is 0 Å². The van der Waals surface area contributed by atoms with E-state index in [4.69, 9.17) is 5.73 Å².